The van der Waals surface area contributed by atoms with Gasteiger partial charge in [0.2, 0.25) is 10.0 Å². The minimum Gasteiger partial charge on any atom is -0.326 e. The van der Waals surface area contributed by atoms with E-state index in [2.05, 4.69) is 0 Å². The molecule has 2 aromatic carbocycles. The van der Waals surface area contributed by atoms with E-state index in [4.69, 9.17) is 28.9 Å². The smallest absolute Gasteiger partial charge is 0.218 e. The van der Waals surface area contributed by atoms with E-state index in [0.29, 0.717) is 28.7 Å². The Morgan fingerprint density at radius 3 is 2.42 bits per heavy atom. The Hall–Kier alpha value is -1.11. The van der Waals surface area contributed by atoms with Crippen molar-refractivity contribution in [3.8, 4) is 0 Å². The summed E-state index contributed by atoms with van der Waals surface area (Å²) in [7, 11) is -3.46. The number of halogens is 2. The monoisotopic (exact) mass is 384 g/mol. The van der Waals surface area contributed by atoms with Crippen molar-refractivity contribution in [3.05, 3.63) is 69.7 Å². The fraction of sp³-hybridized carbons (Fsp3) is 0.294. The minimum atomic E-state index is -3.46. The van der Waals surface area contributed by atoms with Gasteiger partial charge in [-0.1, -0.05) is 59.6 Å². The van der Waals surface area contributed by atoms with Crippen LogP contribution >= 0.6 is 23.2 Å². The van der Waals surface area contributed by atoms with E-state index in [1.807, 2.05) is 30.3 Å². The molecule has 0 aromatic heterocycles. The molecule has 7 heteroatoms. The summed E-state index contributed by atoms with van der Waals surface area (Å²) in [6, 6.07) is 14.4. The van der Waals surface area contributed by atoms with Gasteiger partial charge in [-0.3, -0.25) is 0 Å². The van der Waals surface area contributed by atoms with Crippen molar-refractivity contribution in [2.45, 2.75) is 17.7 Å². The summed E-state index contributed by atoms with van der Waals surface area (Å²) in [6.07, 6.45) is 0. The second-order valence-electron chi connectivity index (χ2n) is 6.00. The van der Waals surface area contributed by atoms with Gasteiger partial charge in [-0.15, -0.1) is 0 Å². The maximum atomic E-state index is 12.7. The van der Waals surface area contributed by atoms with Crippen molar-refractivity contribution < 1.29 is 8.42 Å². The summed E-state index contributed by atoms with van der Waals surface area (Å²) in [5.74, 6) is -0.104. The van der Waals surface area contributed by atoms with Gasteiger partial charge in [-0.2, -0.15) is 4.31 Å². The van der Waals surface area contributed by atoms with Crippen LogP contribution in [0.2, 0.25) is 10.0 Å². The van der Waals surface area contributed by atoms with Crippen LogP contribution in [0, 0.1) is 0 Å². The molecule has 2 atom stereocenters. The van der Waals surface area contributed by atoms with E-state index < -0.39 is 10.0 Å². The molecule has 3 rings (SSSR count). The normalized spacial score (nSPS) is 22.0. The summed E-state index contributed by atoms with van der Waals surface area (Å²) < 4.78 is 26.9. The molecule has 1 aliphatic rings. The summed E-state index contributed by atoms with van der Waals surface area (Å²) >= 11 is 11.8. The number of nitrogens with two attached hydrogens (primary N) is 1. The van der Waals surface area contributed by atoms with E-state index >= 15 is 0 Å². The van der Waals surface area contributed by atoms with E-state index in [0.717, 1.165) is 5.56 Å². The first kappa shape index (κ1) is 17.7. The molecule has 0 unspecified atom stereocenters. The molecule has 2 N–H and O–H groups in total. The minimum absolute atomic E-state index is 0.00906. The van der Waals surface area contributed by atoms with E-state index in [1.54, 1.807) is 18.2 Å². The summed E-state index contributed by atoms with van der Waals surface area (Å²) in [5, 5.41) is 0.759. The van der Waals surface area contributed by atoms with Crippen LogP contribution in [-0.2, 0) is 15.8 Å². The number of rotatable bonds is 4. The van der Waals surface area contributed by atoms with Gasteiger partial charge in [0.1, 0.15) is 0 Å². The lowest BCUT2D eigenvalue weighted by molar-refractivity contribution is 0.469. The molecule has 0 aliphatic carbocycles. The standard InChI is InChI=1S/C17H18Cl2N2O2S/c18-15-7-6-12(8-16(15)19)11-24(22,23)21-9-14(17(20)10-21)13-4-2-1-3-5-13/h1-8,14,17H,9-11,20H2/t14-,17+/m0/s1. The van der Waals surface area contributed by atoms with Gasteiger partial charge in [0.15, 0.2) is 0 Å². The average molecular weight is 385 g/mol. The molecular formula is C17H18Cl2N2O2S. The van der Waals surface area contributed by atoms with Crippen LogP contribution in [0.5, 0.6) is 0 Å². The summed E-state index contributed by atoms with van der Waals surface area (Å²) in [6.45, 7) is 0.720. The van der Waals surface area contributed by atoms with Crippen molar-refractivity contribution in [1.29, 1.82) is 0 Å². The van der Waals surface area contributed by atoms with Crippen molar-refractivity contribution in [1.82, 2.24) is 4.31 Å². The lowest BCUT2D eigenvalue weighted by Gasteiger charge is -2.17. The lowest BCUT2D eigenvalue weighted by atomic mass is 9.95. The fourth-order valence-corrected chi connectivity index (χ4v) is 4.89. The molecule has 2 aromatic rings. The topological polar surface area (TPSA) is 63.4 Å². The highest BCUT2D eigenvalue weighted by molar-refractivity contribution is 7.88. The van der Waals surface area contributed by atoms with E-state index in [-0.39, 0.29) is 17.7 Å². The van der Waals surface area contributed by atoms with Gasteiger partial charge >= 0.3 is 0 Å². The van der Waals surface area contributed by atoms with E-state index in [1.165, 1.54) is 4.31 Å². The number of benzene rings is 2. The zero-order chi connectivity index (χ0) is 17.3. The Morgan fingerprint density at radius 1 is 1.04 bits per heavy atom. The fourth-order valence-electron chi connectivity index (χ4n) is 3.00. The van der Waals surface area contributed by atoms with Crippen molar-refractivity contribution in [2.75, 3.05) is 13.1 Å². The number of sulfonamides is 1. The third kappa shape index (κ3) is 3.76. The molecule has 24 heavy (non-hydrogen) atoms. The van der Waals surface area contributed by atoms with Crippen LogP contribution in [0.1, 0.15) is 17.0 Å². The molecular weight excluding hydrogens is 367 g/mol. The molecule has 0 amide bonds. The van der Waals surface area contributed by atoms with Gasteiger partial charge in [0.05, 0.1) is 15.8 Å². The third-order valence-corrected chi connectivity index (χ3v) is 6.81. The van der Waals surface area contributed by atoms with Crippen molar-refractivity contribution in [2.24, 2.45) is 5.73 Å². The first-order valence-electron chi connectivity index (χ1n) is 7.59. The molecule has 0 bridgehead atoms. The lowest BCUT2D eigenvalue weighted by Crippen LogP contribution is -2.33. The molecule has 128 valence electrons. The highest BCUT2D eigenvalue weighted by atomic mass is 35.5. The highest BCUT2D eigenvalue weighted by Gasteiger charge is 2.37. The molecule has 0 saturated carbocycles. The quantitative estimate of drug-likeness (QED) is 0.879. The Bertz CT molecular complexity index is 828. The molecule has 1 saturated heterocycles. The van der Waals surface area contributed by atoms with Crippen LogP contribution in [-0.4, -0.2) is 31.9 Å². The first-order valence-corrected chi connectivity index (χ1v) is 9.95. The molecule has 4 nitrogen and oxygen atoms in total. The number of nitrogens with zero attached hydrogens (tertiary/aromatic N) is 1. The zero-order valence-corrected chi connectivity index (χ0v) is 15.2. The summed E-state index contributed by atoms with van der Waals surface area (Å²) in [5.41, 5.74) is 7.87. The molecule has 0 spiro atoms. The van der Waals surface area contributed by atoms with Crippen LogP contribution in [0.4, 0.5) is 0 Å². The second-order valence-corrected chi connectivity index (χ2v) is 8.79. The SMILES string of the molecule is N[C@@H]1CN(S(=O)(=O)Cc2ccc(Cl)c(Cl)c2)C[C@H]1c1ccccc1. The molecule has 0 radical (unpaired) electrons. The largest absolute Gasteiger partial charge is 0.326 e. The second kappa shape index (κ2) is 7.02. The van der Waals surface area contributed by atoms with Crippen LogP contribution in [0.15, 0.2) is 48.5 Å². The maximum absolute atomic E-state index is 12.7. The Kier molecular flexibility index (Phi) is 5.18. The predicted octanol–water partition coefficient (Wildman–Crippen LogP) is 3.25. The van der Waals surface area contributed by atoms with Gasteiger partial charge in [-0.25, -0.2) is 8.42 Å². The Labute approximate surface area is 152 Å². The molecule has 1 aliphatic heterocycles. The van der Waals surface area contributed by atoms with Crippen molar-refractivity contribution in [3.63, 3.8) is 0 Å². The first-order chi connectivity index (χ1) is 11.4. The van der Waals surface area contributed by atoms with E-state index in [9.17, 15) is 8.42 Å². The Balaban J connectivity index is 1.77. The van der Waals surface area contributed by atoms with Gasteiger partial charge in [0, 0.05) is 25.0 Å². The average Bonchev–Trinajstić information content (AvgIpc) is 2.94. The number of hydrogen-bond acceptors (Lipinski definition) is 3. The zero-order valence-electron chi connectivity index (χ0n) is 12.9. The van der Waals surface area contributed by atoms with Crippen molar-refractivity contribution >= 4 is 33.2 Å². The Morgan fingerprint density at radius 2 is 1.75 bits per heavy atom. The van der Waals surface area contributed by atoms with Crippen LogP contribution < -0.4 is 5.73 Å². The third-order valence-electron chi connectivity index (χ3n) is 4.29. The molecule has 1 heterocycles. The van der Waals surface area contributed by atoms with Gasteiger partial charge in [-0.05, 0) is 23.3 Å². The van der Waals surface area contributed by atoms with Crippen LogP contribution in [0.25, 0.3) is 0 Å². The highest BCUT2D eigenvalue weighted by Crippen LogP contribution is 2.30. The summed E-state index contributed by atoms with van der Waals surface area (Å²) in [4.78, 5) is 0. The number of hydrogen-bond donors (Lipinski definition) is 1. The maximum Gasteiger partial charge on any atom is 0.218 e. The van der Waals surface area contributed by atoms with Crippen LogP contribution in [0.3, 0.4) is 0 Å². The van der Waals surface area contributed by atoms with Gasteiger partial charge < -0.3 is 5.73 Å². The van der Waals surface area contributed by atoms with Gasteiger partial charge in [0.25, 0.3) is 0 Å². The molecule has 1 fully saturated rings. The predicted molar refractivity (Wildman–Crippen MR) is 97.8 cm³/mol.